The van der Waals surface area contributed by atoms with Crippen LogP contribution in [0.3, 0.4) is 0 Å². The molecule has 0 unspecified atom stereocenters. The van der Waals surface area contributed by atoms with Crippen molar-refractivity contribution in [3.8, 4) is 0 Å². The number of aryl methyl sites for hydroxylation is 1. The Hall–Kier alpha value is -0.850. The van der Waals surface area contributed by atoms with E-state index in [1.807, 2.05) is 6.07 Å². The number of hydrogen-bond acceptors (Lipinski definition) is 2. The minimum absolute atomic E-state index is 0.273. The summed E-state index contributed by atoms with van der Waals surface area (Å²) in [4.78, 5) is 0. The number of sulfonamides is 1. The quantitative estimate of drug-likeness (QED) is 0.693. The second kappa shape index (κ2) is 7.80. The van der Waals surface area contributed by atoms with Gasteiger partial charge < -0.3 is 4.57 Å². The highest BCUT2D eigenvalue weighted by Crippen LogP contribution is 2.28. The van der Waals surface area contributed by atoms with Gasteiger partial charge in [0.2, 0.25) is 10.0 Å². The van der Waals surface area contributed by atoms with Gasteiger partial charge in [-0.15, -0.1) is 0 Å². The molecule has 1 aromatic carbocycles. The van der Waals surface area contributed by atoms with Crippen molar-refractivity contribution in [2.45, 2.75) is 59.3 Å². The molecule has 140 valence electrons. The topological polar surface area (TPSA) is 51.1 Å². The first kappa shape index (κ1) is 20.5. The molecule has 0 aliphatic rings. The maximum atomic E-state index is 11.9. The van der Waals surface area contributed by atoms with Gasteiger partial charge in [-0.1, -0.05) is 42.8 Å². The lowest BCUT2D eigenvalue weighted by Gasteiger charge is -2.18. The van der Waals surface area contributed by atoms with Gasteiger partial charge in [0.15, 0.2) is 0 Å². The molecular weight excluding hydrogens is 400 g/mol. The van der Waals surface area contributed by atoms with Gasteiger partial charge in [0.05, 0.1) is 5.25 Å². The number of halogens is 1. The van der Waals surface area contributed by atoms with Crippen LogP contribution >= 0.6 is 15.9 Å². The van der Waals surface area contributed by atoms with E-state index in [4.69, 9.17) is 0 Å². The normalized spacial score (nSPS) is 13.1. The molecule has 0 radical (unpaired) electrons. The van der Waals surface area contributed by atoms with Gasteiger partial charge in [-0.2, -0.15) is 0 Å². The lowest BCUT2D eigenvalue weighted by Crippen LogP contribution is -2.32. The van der Waals surface area contributed by atoms with Crippen molar-refractivity contribution in [3.63, 3.8) is 0 Å². The summed E-state index contributed by atoms with van der Waals surface area (Å²) in [5.41, 5.74) is 2.65. The van der Waals surface area contributed by atoms with Gasteiger partial charge in [-0.25, -0.2) is 13.1 Å². The number of nitrogens with zero attached hydrogens (tertiary/aromatic N) is 1. The standard InChI is InChI=1S/C19H29BrN2O2S/c1-14(2)25(23,24)21-10-8-15-13-22(11-9-19(3,4)5)18-12-16(20)6-7-17(15)18/h6-7,12-14,21H,8-11H2,1-5H3. The number of rotatable bonds is 7. The van der Waals surface area contributed by atoms with Gasteiger partial charge >= 0.3 is 0 Å². The van der Waals surface area contributed by atoms with Gasteiger partial charge in [-0.05, 0) is 49.8 Å². The first-order valence-corrected chi connectivity index (χ1v) is 11.1. The molecular formula is C19H29BrN2O2S. The molecule has 0 spiro atoms. The number of fused-ring (bicyclic) bond motifs is 1. The summed E-state index contributed by atoms with van der Waals surface area (Å²) in [6.07, 6.45) is 3.95. The zero-order valence-electron chi connectivity index (χ0n) is 15.8. The predicted molar refractivity (Wildman–Crippen MR) is 109 cm³/mol. The van der Waals surface area contributed by atoms with Crippen molar-refractivity contribution < 1.29 is 8.42 Å². The molecule has 25 heavy (non-hydrogen) atoms. The van der Waals surface area contributed by atoms with Gasteiger partial charge in [0, 0.05) is 34.7 Å². The molecule has 4 nitrogen and oxygen atoms in total. The number of benzene rings is 1. The van der Waals surface area contributed by atoms with E-state index >= 15 is 0 Å². The number of aromatic nitrogens is 1. The summed E-state index contributed by atoms with van der Waals surface area (Å²) < 4.78 is 29.9. The van der Waals surface area contributed by atoms with Gasteiger partial charge in [0.25, 0.3) is 0 Å². The molecule has 0 aliphatic heterocycles. The highest BCUT2D eigenvalue weighted by Gasteiger charge is 2.16. The van der Waals surface area contributed by atoms with Crippen molar-refractivity contribution >= 4 is 36.9 Å². The Balaban J connectivity index is 2.22. The summed E-state index contributed by atoms with van der Waals surface area (Å²) in [5.74, 6) is 0. The number of nitrogens with one attached hydrogen (secondary N) is 1. The molecule has 0 fully saturated rings. The molecule has 0 saturated carbocycles. The Bertz CT molecular complexity index is 833. The summed E-state index contributed by atoms with van der Waals surface area (Å²) in [5, 5.41) is 0.789. The van der Waals surface area contributed by atoms with E-state index in [1.54, 1.807) is 13.8 Å². The molecule has 2 rings (SSSR count). The van der Waals surface area contributed by atoms with E-state index < -0.39 is 15.3 Å². The lowest BCUT2D eigenvalue weighted by atomic mass is 9.92. The third-order valence-electron chi connectivity index (χ3n) is 4.35. The maximum absolute atomic E-state index is 11.9. The summed E-state index contributed by atoms with van der Waals surface area (Å²) in [6.45, 7) is 11.5. The molecule has 0 saturated heterocycles. The molecule has 1 aromatic heterocycles. The highest BCUT2D eigenvalue weighted by atomic mass is 79.9. The molecule has 0 amide bonds. The van der Waals surface area contributed by atoms with Crippen molar-refractivity contribution in [1.29, 1.82) is 0 Å². The Morgan fingerprint density at radius 3 is 2.52 bits per heavy atom. The predicted octanol–water partition coefficient (Wildman–Crippen LogP) is 4.71. The molecule has 0 atom stereocenters. The second-order valence-electron chi connectivity index (χ2n) is 8.06. The lowest BCUT2D eigenvalue weighted by molar-refractivity contribution is 0.353. The van der Waals surface area contributed by atoms with Crippen molar-refractivity contribution in [2.24, 2.45) is 5.41 Å². The van der Waals surface area contributed by atoms with Crippen LogP contribution in [-0.2, 0) is 23.0 Å². The Morgan fingerprint density at radius 2 is 1.92 bits per heavy atom. The van der Waals surface area contributed by atoms with Crippen LogP contribution < -0.4 is 4.72 Å². The summed E-state index contributed by atoms with van der Waals surface area (Å²) in [6, 6.07) is 6.29. The Kier molecular flexibility index (Phi) is 6.39. The first-order valence-electron chi connectivity index (χ1n) is 8.75. The van der Waals surface area contributed by atoms with E-state index in [-0.39, 0.29) is 5.41 Å². The molecule has 0 aliphatic carbocycles. The Labute approximate surface area is 160 Å². The number of hydrogen-bond donors (Lipinski definition) is 1. The van der Waals surface area contributed by atoms with E-state index in [9.17, 15) is 8.42 Å². The van der Waals surface area contributed by atoms with Crippen LogP contribution in [-0.4, -0.2) is 24.8 Å². The fourth-order valence-electron chi connectivity index (χ4n) is 2.68. The Morgan fingerprint density at radius 1 is 1.24 bits per heavy atom. The zero-order valence-corrected chi connectivity index (χ0v) is 18.2. The van der Waals surface area contributed by atoms with Crippen LogP contribution in [0.5, 0.6) is 0 Å². The third kappa shape index (κ3) is 5.56. The van der Waals surface area contributed by atoms with E-state index in [2.05, 4.69) is 64.3 Å². The fourth-order valence-corrected chi connectivity index (χ4v) is 3.74. The van der Waals surface area contributed by atoms with Gasteiger partial charge in [0.1, 0.15) is 0 Å². The van der Waals surface area contributed by atoms with Crippen molar-refractivity contribution in [1.82, 2.24) is 9.29 Å². The molecule has 0 bridgehead atoms. The third-order valence-corrected chi connectivity index (χ3v) is 6.69. The monoisotopic (exact) mass is 428 g/mol. The minimum Gasteiger partial charge on any atom is -0.347 e. The smallest absolute Gasteiger partial charge is 0.213 e. The minimum atomic E-state index is -3.22. The van der Waals surface area contributed by atoms with Crippen molar-refractivity contribution in [2.75, 3.05) is 6.54 Å². The van der Waals surface area contributed by atoms with Crippen LogP contribution in [0.2, 0.25) is 0 Å². The van der Waals surface area contributed by atoms with Crippen LogP contribution in [0.25, 0.3) is 10.9 Å². The van der Waals surface area contributed by atoms with Crippen LogP contribution in [0, 0.1) is 5.41 Å². The summed E-state index contributed by atoms with van der Waals surface area (Å²) >= 11 is 3.56. The van der Waals surface area contributed by atoms with E-state index in [0.717, 1.165) is 17.4 Å². The molecule has 6 heteroatoms. The average molecular weight is 429 g/mol. The summed E-state index contributed by atoms with van der Waals surface area (Å²) in [7, 11) is -3.22. The van der Waals surface area contributed by atoms with Crippen molar-refractivity contribution in [3.05, 3.63) is 34.4 Å². The molecule has 1 N–H and O–H groups in total. The van der Waals surface area contributed by atoms with E-state index in [1.165, 1.54) is 16.5 Å². The van der Waals surface area contributed by atoms with Crippen LogP contribution in [0.15, 0.2) is 28.9 Å². The average Bonchev–Trinajstić information content (AvgIpc) is 2.81. The largest absolute Gasteiger partial charge is 0.347 e. The second-order valence-corrected chi connectivity index (χ2v) is 11.3. The zero-order chi connectivity index (χ0) is 18.8. The van der Waals surface area contributed by atoms with Crippen LogP contribution in [0.4, 0.5) is 0 Å². The van der Waals surface area contributed by atoms with E-state index in [0.29, 0.717) is 13.0 Å². The van der Waals surface area contributed by atoms with Crippen LogP contribution in [0.1, 0.15) is 46.6 Å². The molecule has 1 heterocycles. The molecule has 2 aromatic rings. The maximum Gasteiger partial charge on any atom is 0.213 e. The van der Waals surface area contributed by atoms with Gasteiger partial charge in [-0.3, -0.25) is 0 Å². The highest BCUT2D eigenvalue weighted by molar-refractivity contribution is 9.10. The fraction of sp³-hybridized carbons (Fsp3) is 0.579. The first-order chi connectivity index (χ1) is 11.5. The SMILES string of the molecule is CC(C)S(=O)(=O)NCCc1cn(CCC(C)(C)C)c2cc(Br)ccc12.